The lowest BCUT2D eigenvalue weighted by molar-refractivity contribution is -0.111. The highest BCUT2D eigenvalue weighted by molar-refractivity contribution is 6.61. The van der Waals surface area contributed by atoms with Crippen molar-refractivity contribution in [3.05, 3.63) is 64.0 Å². The van der Waals surface area contributed by atoms with Crippen molar-refractivity contribution in [1.82, 2.24) is 15.2 Å². The van der Waals surface area contributed by atoms with Crippen LogP contribution in [0.25, 0.3) is 0 Å². The number of cyclic esters (lactones) is 1. The van der Waals surface area contributed by atoms with Gasteiger partial charge in [-0.2, -0.15) is 0 Å². The largest absolute Gasteiger partial charge is 0.457 e. The second-order valence-electron chi connectivity index (χ2n) is 8.25. The molecule has 3 aliphatic heterocycles. The summed E-state index contributed by atoms with van der Waals surface area (Å²) in [6.07, 6.45) is 2.73. The van der Waals surface area contributed by atoms with Crippen LogP contribution in [-0.4, -0.2) is 53.3 Å². The summed E-state index contributed by atoms with van der Waals surface area (Å²) >= 11 is 0. The number of hydrogen-bond donors (Lipinski definition) is 2. The summed E-state index contributed by atoms with van der Waals surface area (Å²) in [6.45, 7) is 5.87. The standard InChI is InChI=1S/C23H24N6O3/c1-13-15(3-4-16-17(13)12-32-23(16)31)20-11-29(7-6-25-20)10-14-2-5-18(26-8-14)22-27-9-19(28-22)21(24)30/h2-5,8-9,20,22,25H,6-7,10-12H2,1H3,(H2,24,30)/t20-,22?/m0/s1. The van der Waals surface area contributed by atoms with E-state index in [-0.39, 0.29) is 17.7 Å². The normalized spacial score (nSPS) is 22.5. The first kappa shape index (κ1) is 20.5. The molecule has 1 aromatic carbocycles. The molecule has 1 fully saturated rings. The lowest BCUT2D eigenvalue weighted by Crippen LogP contribution is -2.45. The third-order valence-corrected chi connectivity index (χ3v) is 6.21. The number of aromatic nitrogens is 1. The first-order valence-corrected chi connectivity index (χ1v) is 10.6. The van der Waals surface area contributed by atoms with Gasteiger partial charge in [0.2, 0.25) is 0 Å². The number of carbonyl (C=O) groups is 2. The Hall–Kier alpha value is -3.43. The van der Waals surface area contributed by atoms with Gasteiger partial charge in [0.1, 0.15) is 12.3 Å². The molecule has 0 saturated carbocycles. The van der Waals surface area contributed by atoms with E-state index in [1.807, 2.05) is 30.5 Å². The number of carbonyl (C=O) groups excluding carboxylic acids is 2. The summed E-state index contributed by atoms with van der Waals surface area (Å²) in [5, 5.41) is 3.60. The Labute approximate surface area is 185 Å². The van der Waals surface area contributed by atoms with Gasteiger partial charge < -0.3 is 15.8 Å². The molecular formula is C23H24N6O3. The van der Waals surface area contributed by atoms with Crippen LogP contribution in [-0.2, 0) is 22.7 Å². The van der Waals surface area contributed by atoms with Crippen LogP contribution in [0.4, 0.5) is 0 Å². The lowest BCUT2D eigenvalue weighted by atomic mass is 9.93. The summed E-state index contributed by atoms with van der Waals surface area (Å²) in [4.78, 5) is 38.3. The van der Waals surface area contributed by atoms with Crippen molar-refractivity contribution in [2.24, 2.45) is 15.7 Å². The highest BCUT2D eigenvalue weighted by atomic mass is 16.5. The Morgan fingerprint density at radius 1 is 1.31 bits per heavy atom. The molecule has 32 heavy (non-hydrogen) atoms. The molecule has 5 rings (SSSR count). The number of nitrogens with one attached hydrogen (secondary N) is 1. The van der Waals surface area contributed by atoms with Gasteiger partial charge in [0.15, 0.2) is 6.17 Å². The molecule has 2 aromatic rings. The molecule has 3 aliphatic rings. The zero-order chi connectivity index (χ0) is 22.2. The number of fused-ring (bicyclic) bond motifs is 1. The van der Waals surface area contributed by atoms with Crippen LogP contribution in [0.15, 0.2) is 40.4 Å². The number of ether oxygens (including phenoxy) is 1. The second kappa shape index (κ2) is 8.25. The van der Waals surface area contributed by atoms with Gasteiger partial charge in [0.25, 0.3) is 5.91 Å². The number of nitrogens with zero attached hydrogens (tertiary/aromatic N) is 4. The van der Waals surface area contributed by atoms with E-state index in [9.17, 15) is 9.59 Å². The zero-order valence-electron chi connectivity index (χ0n) is 17.7. The average Bonchev–Trinajstić information content (AvgIpc) is 3.43. The number of aliphatic imine (C=N–C) groups is 2. The Bertz CT molecular complexity index is 1140. The van der Waals surface area contributed by atoms with Crippen molar-refractivity contribution < 1.29 is 14.3 Å². The van der Waals surface area contributed by atoms with E-state index in [2.05, 4.69) is 32.1 Å². The van der Waals surface area contributed by atoms with Crippen molar-refractivity contribution in [2.75, 3.05) is 19.6 Å². The van der Waals surface area contributed by atoms with Crippen molar-refractivity contribution in [1.29, 1.82) is 0 Å². The summed E-state index contributed by atoms with van der Waals surface area (Å²) in [7, 11) is 0. The van der Waals surface area contributed by atoms with Crippen LogP contribution in [0.3, 0.4) is 0 Å². The van der Waals surface area contributed by atoms with E-state index in [1.54, 1.807) is 0 Å². The molecule has 4 heterocycles. The molecule has 164 valence electrons. The van der Waals surface area contributed by atoms with Gasteiger partial charge in [-0.1, -0.05) is 12.1 Å². The molecule has 1 saturated heterocycles. The molecule has 9 heteroatoms. The van der Waals surface area contributed by atoms with Gasteiger partial charge >= 0.3 is 5.97 Å². The first-order chi connectivity index (χ1) is 15.5. The topological polar surface area (TPSA) is 122 Å². The summed E-state index contributed by atoms with van der Waals surface area (Å²) in [6, 6.07) is 8.03. The highest BCUT2D eigenvalue weighted by Crippen LogP contribution is 2.30. The summed E-state index contributed by atoms with van der Waals surface area (Å²) < 4.78 is 5.19. The number of piperazine rings is 1. The number of primary amides is 1. The smallest absolute Gasteiger partial charge is 0.338 e. The van der Waals surface area contributed by atoms with E-state index in [0.29, 0.717) is 17.9 Å². The van der Waals surface area contributed by atoms with Crippen molar-refractivity contribution in [3.8, 4) is 0 Å². The molecule has 1 unspecified atom stereocenters. The number of amides is 1. The molecule has 1 aromatic heterocycles. The number of hydrogen-bond acceptors (Lipinski definition) is 8. The fourth-order valence-corrected chi connectivity index (χ4v) is 4.46. The Morgan fingerprint density at radius 2 is 2.19 bits per heavy atom. The number of rotatable bonds is 5. The molecule has 0 spiro atoms. The molecule has 3 N–H and O–H groups in total. The maximum atomic E-state index is 11.8. The third-order valence-electron chi connectivity index (χ3n) is 6.21. The summed E-state index contributed by atoms with van der Waals surface area (Å²) in [5.41, 5.74) is 11.2. The SMILES string of the molecule is Cc1c([C@@H]2CN(Cc3ccc(C4N=CC(C(N)=O)=N4)nc3)CCN2)ccc2c1COC2=O. The van der Waals surface area contributed by atoms with E-state index < -0.39 is 12.1 Å². The highest BCUT2D eigenvalue weighted by Gasteiger charge is 2.28. The quantitative estimate of drug-likeness (QED) is 0.685. The fourth-order valence-electron chi connectivity index (χ4n) is 4.46. The molecule has 0 aliphatic carbocycles. The molecule has 1 amide bonds. The van der Waals surface area contributed by atoms with Gasteiger partial charge in [0, 0.05) is 44.0 Å². The van der Waals surface area contributed by atoms with Crippen LogP contribution in [0, 0.1) is 6.92 Å². The Balaban J connectivity index is 1.26. The van der Waals surface area contributed by atoms with Gasteiger partial charge in [-0.15, -0.1) is 0 Å². The van der Waals surface area contributed by atoms with Crippen LogP contribution in [0.5, 0.6) is 0 Å². The zero-order valence-corrected chi connectivity index (χ0v) is 17.7. The second-order valence-corrected chi connectivity index (χ2v) is 8.25. The van der Waals surface area contributed by atoms with E-state index in [0.717, 1.165) is 42.9 Å². The number of esters is 1. The predicted molar refractivity (Wildman–Crippen MR) is 118 cm³/mol. The number of pyridine rings is 1. The van der Waals surface area contributed by atoms with Gasteiger partial charge in [0.05, 0.1) is 17.5 Å². The minimum Gasteiger partial charge on any atom is -0.457 e. The summed E-state index contributed by atoms with van der Waals surface area (Å²) in [5.74, 6) is -0.817. The molecular weight excluding hydrogens is 408 g/mol. The van der Waals surface area contributed by atoms with Gasteiger partial charge in [-0.25, -0.2) is 9.79 Å². The fraction of sp³-hybridized carbons (Fsp3) is 0.348. The maximum Gasteiger partial charge on any atom is 0.338 e. The third kappa shape index (κ3) is 3.80. The van der Waals surface area contributed by atoms with E-state index in [4.69, 9.17) is 10.5 Å². The maximum absolute atomic E-state index is 11.8. The Kier molecular flexibility index (Phi) is 5.28. The minimum absolute atomic E-state index is 0.172. The molecule has 9 nitrogen and oxygen atoms in total. The Morgan fingerprint density at radius 3 is 2.94 bits per heavy atom. The van der Waals surface area contributed by atoms with Crippen molar-refractivity contribution in [2.45, 2.75) is 32.3 Å². The van der Waals surface area contributed by atoms with Gasteiger partial charge in [-0.05, 0) is 35.7 Å². The van der Waals surface area contributed by atoms with Gasteiger partial charge in [-0.3, -0.25) is 19.7 Å². The van der Waals surface area contributed by atoms with Crippen LogP contribution < -0.4 is 11.1 Å². The van der Waals surface area contributed by atoms with Crippen LogP contribution >= 0.6 is 0 Å². The number of nitrogens with two attached hydrogens (primary N) is 1. The minimum atomic E-state index is -0.584. The van der Waals surface area contributed by atoms with Crippen LogP contribution in [0.2, 0.25) is 0 Å². The van der Waals surface area contributed by atoms with Crippen molar-refractivity contribution in [3.63, 3.8) is 0 Å². The van der Waals surface area contributed by atoms with Crippen molar-refractivity contribution >= 4 is 23.8 Å². The first-order valence-electron chi connectivity index (χ1n) is 10.6. The van der Waals surface area contributed by atoms with Crippen LogP contribution in [0.1, 0.15) is 50.5 Å². The lowest BCUT2D eigenvalue weighted by Gasteiger charge is -2.34. The predicted octanol–water partition coefficient (Wildman–Crippen LogP) is 1.22. The number of benzene rings is 1. The molecule has 2 atom stereocenters. The average molecular weight is 432 g/mol. The molecule has 0 radical (unpaired) electrons. The monoisotopic (exact) mass is 432 g/mol. The molecule has 0 bridgehead atoms. The van der Waals surface area contributed by atoms with E-state index >= 15 is 0 Å². The van der Waals surface area contributed by atoms with E-state index in [1.165, 1.54) is 11.8 Å².